The van der Waals surface area contributed by atoms with E-state index >= 15 is 0 Å². The zero-order valence-corrected chi connectivity index (χ0v) is 19.1. The van der Waals surface area contributed by atoms with E-state index in [1.165, 1.54) is 51.4 Å². The van der Waals surface area contributed by atoms with Crippen LogP contribution in [0.2, 0.25) is 0 Å². The molecule has 4 nitrogen and oxygen atoms in total. The maximum Gasteiger partial charge on any atom is 0.326 e. The summed E-state index contributed by atoms with van der Waals surface area (Å²) in [5.41, 5.74) is 0.918. The Kier molecular flexibility index (Phi) is 11.7. The van der Waals surface area contributed by atoms with Crippen LogP contribution in [0.15, 0.2) is 42.5 Å². The van der Waals surface area contributed by atoms with Gasteiger partial charge in [-0.15, -0.1) is 0 Å². The fourth-order valence-corrected chi connectivity index (χ4v) is 4.02. The Balaban J connectivity index is 1.63. The summed E-state index contributed by atoms with van der Waals surface area (Å²) in [6.45, 7) is 2.24. The number of rotatable bonds is 16. The molecule has 2 aromatic rings. The molecule has 0 heterocycles. The lowest BCUT2D eigenvalue weighted by Crippen LogP contribution is -2.42. The molecule has 2 rings (SSSR count). The van der Waals surface area contributed by atoms with Crippen molar-refractivity contribution >= 4 is 22.6 Å². The van der Waals surface area contributed by atoms with E-state index in [4.69, 9.17) is 0 Å². The van der Waals surface area contributed by atoms with Crippen LogP contribution in [0.1, 0.15) is 89.5 Å². The van der Waals surface area contributed by atoms with Gasteiger partial charge in [-0.25, -0.2) is 4.79 Å². The number of carboxylic acid groups (broad SMARTS) is 1. The normalized spacial score (nSPS) is 12.0. The standard InChI is InChI=1S/C27H39NO3/c1-2-3-4-5-6-7-8-9-10-11-12-17-26(29)28-25(27(30)31)21-22-18-19-23-15-13-14-16-24(23)20-22/h13-16,18-20,25H,2-12,17,21H2,1H3,(H,28,29)(H,30,31). The number of carboxylic acids is 1. The molecular weight excluding hydrogens is 386 g/mol. The van der Waals surface area contributed by atoms with Gasteiger partial charge in [-0.3, -0.25) is 4.79 Å². The van der Waals surface area contributed by atoms with Crippen molar-refractivity contribution in [1.29, 1.82) is 0 Å². The number of fused-ring (bicyclic) bond motifs is 1. The Morgan fingerprint density at radius 2 is 1.39 bits per heavy atom. The molecule has 0 aliphatic carbocycles. The number of nitrogens with one attached hydrogen (secondary N) is 1. The number of aliphatic carboxylic acids is 1. The largest absolute Gasteiger partial charge is 0.480 e. The molecule has 2 aromatic carbocycles. The highest BCUT2D eigenvalue weighted by Crippen LogP contribution is 2.17. The van der Waals surface area contributed by atoms with E-state index in [1.54, 1.807) is 0 Å². The van der Waals surface area contributed by atoms with Crippen LogP contribution in [-0.2, 0) is 16.0 Å². The first-order valence-corrected chi connectivity index (χ1v) is 12.1. The summed E-state index contributed by atoms with van der Waals surface area (Å²) in [6, 6.07) is 13.0. The molecule has 0 aliphatic heterocycles. The van der Waals surface area contributed by atoms with Gasteiger partial charge in [0.15, 0.2) is 0 Å². The van der Waals surface area contributed by atoms with E-state index in [9.17, 15) is 14.7 Å². The fourth-order valence-electron chi connectivity index (χ4n) is 4.02. The van der Waals surface area contributed by atoms with Crippen molar-refractivity contribution in [2.75, 3.05) is 0 Å². The molecule has 1 atom stereocenters. The van der Waals surface area contributed by atoms with Crippen molar-refractivity contribution in [2.24, 2.45) is 0 Å². The van der Waals surface area contributed by atoms with E-state index in [0.29, 0.717) is 12.8 Å². The molecule has 1 amide bonds. The smallest absolute Gasteiger partial charge is 0.326 e. The topological polar surface area (TPSA) is 66.4 Å². The molecule has 0 aliphatic rings. The van der Waals surface area contributed by atoms with Gasteiger partial charge in [0.25, 0.3) is 0 Å². The van der Waals surface area contributed by atoms with Crippen LogP contribution < -0.4 is 5.32 Å². The molecule has 0 spiro atoms. The van der Waals surface area contributed by atoms with E-state index in [0.717, 1.165) is 35.6 Å². The molecule has 0 bridgehead atoms. The summed E-state index contributed by atoms with van der Waals surface area (Å²) in [7, 11) is 0. The first-order valence-electron chi connectivity index (χ1n) is 12.1. The zero-order valence-electron chi connectivity index (χ0n) is 19.1. The quantitative estimate of drug-likeness (QED) is 0.296. The van der Waals surface area contributed by atoms with Crippen LogP contribution in [0.4, 0.5) is 0 Å². The molecule has 0 radical (unpaired) electrons. The van der Waals surface area contributed by atoms with Crippen LogP contribution in [0.5, 0.6) is 0 Å². The van der Waals surface area contributed by atoms with Gasteiger partial charge in [-0.1, -0.05) is 114 Å². The van der Waals surface area contributed by atoms with Gasteiger partial charge in [-0.2, -0.15) is 0 Å². The highest BCUT2D eigenvalue weighted by atomic mass is 16.4. The number of benzene rings is 2. The lowest BCUT2D eigenvalue weighted by atomic mass is 10.0. The second-order valence-corrected chi connectivity index (χ2v) is 8.63. The van der Waals surface area contributed by atoms with Gasteiger partial charge < -0.3 is 10.4 Å². The van der Waals surface area contributed by atoms with E-state index < -0.39 is 12.0 Å². The zero-order chi connectivity index (χ0) is 22.3. The summed E-state index contributed by atoms with van der Waals surface area (Å²) in [6.07, 6.45) is 14.3. The van der Waals surface area contributed by atoms with Gasteiger partial charge in [0.1, 0.15) is 6.04 Å². The number of carbonyl (C=O) groups excluding carboxylic acids is 1. The molecule has 170 valence electrons. The third-order valence-electron chi connectivity index (χ3n) is 5.89. The van der Waals surface area contributed by atoms with Gasteiger partial charge in [-0.05, 0) is 22.8 Å². The van der Waals surface area contributed by atoms with Crippen molar-refractivity contribution in [3.05, 3.63) is 48.0 Å². The molecule has 0 fully saturated rings. The van der Waals surface area contributed by atoms with E-state index in [2.05, 4.69) is 12.2 Å². The fraction of sp³-hybridized carbons (Fsp3) is 0.556. The number of hydrogen-bond donors (Lipinski definition) is 2. The first-order chi connectivity index (χ1) is 15.1. The number of amides is 1. The Bertz CT molecular complexity index is 802. The average molecular weight is 426 g/mol. The SMILES string of the molecule is CCCCCCCCCCCCCC(=O)NC(Cc1ccc2ccccc2c1)C(=O)O. The van der Waals surface area contributed by atoms with Crippen molar-refractivity contribution in [3.63, 3.8) is 0 Å². The molecule has 2 N–H and O–H groups in total. The average Bonchev–Trinajstić information content (AvgIpc) is 2.77. The predicted molar refractivity (Wildman–Crippen MR) is 128 cm³/mol. The molecule has 1 unspecified atom stereocenters. The maximum absolute atomic E-state index is 12.2. The third-order valence-corrected chi connectivity index (χ3v) is 5.89. The second kappa shape index (κ2) is 14.6. The Labute approximate surface area is 187 Å². The van der Waals surface area contributed by atoms with Gasteiger partial charge in [0.2, 0.25) is 5.91 Å². The van der Waals surface area contributed by atoms with Crippen LogP contribution in [0, 0.1) is 0 Å². The maximum atomic E-state index is 12.2. The number of hydrogen-bond acceptors (Lipinski definition) is 2. The van der Waals surface area contributed by atoms with Crippen LogP contribution in [0.25, 0.3) is 10.8 Å². The molecule has 0 saturated heterocycles. The van der Waals surface area contributed by atoms with Crippen LogP contribution in [0.3, 0.4) is 0 Å². The minimum atomic E-state index is -0.986. The predicted octanol–water partition coefficient (Wildman–Crippen LogP) is 6.65. The lowest BCUT2D eigenvalue weighted by molar-refractivity contribution is -0.141. The van der Waals surface area contributed by atoms with Gasteiger partial charge in [0.05, 0.1) is 0 Å². The molecule has 4 heteroatoms. The first kappa shape index (κ1) is 24.9. The summed E-state index contributed by atoms with van der Waals surface area (Å²) in [5, 5.41) is 14.5. The summed E-state index contributed by atoms with van der Waals surface area (Å²) in [4.78, 5) is 23.9. The van der Waals surface area contributed by atoms with Crippen molar-refractivity contribution in [2.45, 2.75) is 96.4 Å². The Morgan fingerprint density at radius 3 is 2.00 bits per heavy atom. The minimum Gasteiger partial charge on any atom is -0.480 e. The molecule has 0 saturated carbocycles. The van der Waals surface area contributed by atoms with Crippen molar-refractivity contribution < 1.29 is 14.7 Å². The summed E-state index contributed by atoms with van der Waals surface area (Å²) < 4.78 is 0. The second-order valence-electron chi connectivity index (χ2n) is 8.63. The monoisotopic (exact) mass is 425 g/mol. The minimum absolute atomic E-state index is 0.163. The van der Waals surface area contributed by atoms with E-state index in [-0.39, 0.29) is 5.91 Å². The van der Waals surface area contributed by atoms with Crippen LogP contribution in [-0.4, -0.2) is 23.0 Å². The van der Waals surface area contributed by atoms with Gasteiger partial charge >= 0.3 is 5.97 Å². The Morgan fingerprint density at radius 1 is 0.806 bits per heavy atom. The summed E-state index contributed by atoms with van der Waals surface area (Å²) in [5.74, 6) is -1.15. The molecular formula is C27H39NO3. The highest BCUT2D eigenvalue weighted by molar-refractivity contribution is 5.85. The summed E-state index contributed by atoms with van der Waals surface area (Å²) >= 11 is 0. The Hall–Kier alpha value is -2.36. The van der Waals surface area contributed by atoms with E-state index in [1.807, 2.05) is 42.5 Å². The number of carbonyl (C=O) groups is 2. The van der Waals surface area contributed by atoms with Gasteiger partial charge in [0, 0.05) is 12.8 Å². The number of unbranched alkanes of at least 4 members (excludes halogenated alkanes) is 10. The van der Waals surface area contributed by atoms with Crippen molar-refractivity contribution in [3.8, 4) is 0 Å². The van der Waals surface area contributed by atoms with Crippen molar-refractivity contribution in [1.82, 2.24) is 5.32 Å². The van der Waals surface area contributed by atoms with Crippen LogP contribution >= 0.6 is 0 Å². The lowest BCUT2D eigenvalue weighted by Gasteiger charge is -2.15. The highest BCUT2D eigenvalue weighted by Gasteiger charge is 2.20. The molecule has 31 heavy (non-hydrogen) atoms. The molecule has 0 aromatic heterocycles. The third kappa shape index (κ3) is 9.99.